The molecule has 1 aromatic heterocycles. The van der Waals surface area contributed by atoms with Crippen molar-refractivity contribution in [2.24, 2.45) is 0 Å². The molecule has 0 atom stereocenters. The Morgan fingerprint density at radius 2 is 1.57 bits per heavy atom. The fourth-order valence-electron chi connectivity index (χ4n) is 1.03. The lowest BCUT2D eigenvalue weighted by Crippen LogP contribution is -2.24. The number of rotatable bonds is 3. The summed E-state index contributed by atoms with van der Waals surface area (Å²) >= 11 is 13.8. The van der Waals surface area contributed by atoms with Crippen molar-refractivity contribution in [3.8, 4) is 0 Å². The summed E-state index contributed by atoms with van der Waals surface area (Å²) in [6.45, 7) is 5.74. The summed E-state index contributed by atoms with van der Waals surface area (Å²) in [7, 11) is 0. The Bertz CT molecular complexity index is 305. The average Bonchev–Trinajstić information content (AvgIpc) is 2.16. The smallest absolute Gasteiger partial charge is 0.228 e. The normalized spacial score (nSPS) is 10.4. The van der Waals surface area contributed by atoms with Crippen molar-refractivity contribution in [2.75, 3.05) is 18.0 Å². The molecule has 0 aliphatic carbocycles. The molecule has 0 saturated carbocycles. The Labute approximate surface area is 107 Å². The first-order valence-electron chi connectivity index (χ1n) is 4.23. The maximum Gasteiger partial charge on any atom is 0.228 e. The van der Waals surface area contributed by atoms with Crippen LogP contribution in [0, 0.1) is 3.57 Å². The third-order valence-corrected chi connectivity index (χ3v) is 4.01. The molecule has 0 fully saturated rings. The minimum atomic E-state index is 0.410. The van der Waals surface area contributed by atoms with E-state index in [1.807, 2.05) is 41.3 Å². The Morgan fingerprint density at radius 3 is 1.93 bits per heavy atom. The SMILES string of the molecule is CCN(CC)c1nc(Cl)c(I)c(Cl)n1. The summed E-state index contributed by atoms with van der Waals surface area (Å²) in [5.74, 6) is 0.588. The molecule has 1 aromatic rings. The second kappa shape index (κ2) is 5.32. The molecule has 1 rings (SSSR count). The molecule has 0 N–H and O–H groups in total. The quantitative estimate of drug-likeness (QED) is 0.622. The van der Waals surface area contributed by atoms with Gasteiger partial charge in [-0.2, -0.15) is 9.97 Å². The Balaban J connectivity index is 3.11. The number of nitrogens with zero attached hydrogens (tertiary/aromatic N) is 3. The molecule has 14 heavy (non-hydrogen) atoms. The van der Waals surface area contributed by atoms with E-state index in [0.717, 1.165) is 13.1 Å². The second-order valence-corrected chi connectivity index (χ2v) is 4.39. The third-order valence-electron chi connectivity index (χ3n) is 1.80. The molecule has 0 saturated heterocycles. The van der Waals surface area contributed by atoms with E-state index in [4.69, 9.17) is 23.2 Å². The van der Waals surface area contributed by atoms with Gasteiger partial charge in [0, 0.05) is 13.1 Å². The van der Waals surface area contributed by atoms with E-state index in [2.05, 4.69) is 9.97 Å². The van der Waals surface area contributed by atoms with E-state index in [-0.39, 0.29) is 0 Å². The van der Waals surface area contributed by atoms with Crippen LogP contribution in [0.5, 0.6) is 0 Å². The lowest BCUT2D eigenvalue weighted by molar-refractivity contribution is 0.820. The van der Waals surface area contributed by atoms with Crippen molar-refractivity contribution < 1.29 is 0 Å². The van der Waals surface area contributed by atoms with Gasteiger partial charge >= 0.3 is 0 Å². The van der Waals surface area contributed by atoms with Crippen molar-refractivity contribution in [1.29, 1.82) is 0 Å². The highest BCUT2D eigenvalue weighted by Crippen LogP contribution is 2.25. The lowest BCUT2D eigenvalue weighted by atomic mass is 10.5. The van der Waals surface area contributed by atoms with Gasteiger partial charge in [-0.25, -0.2) is 0 Å². The van der Waals surface area contributed by atoms with E-state index < -0.39 is 0 Å². The summed E-state index contributed by atoms with van der Waals surface area (Å²) in [4.78, 5) is 10.3. The van der Waals surface area contributed by atoms with E-state index in [0.29, 0.717) is 19.8 Å². The predicted octanol–water partition coefficient (Wildman–Crippen LogP) is 3.23. The topological polar surface area (TPSA) is 29.0 Å². The second-order valence-electron chi connectivity index (χ2n) is 2.59. The number of halogens is 3. The standard InChI is InChI=1S/C8H10Cl2IN3/c1-3-14(4-2)8-12-6(9)5(11)7(10)13-8/h3-4H2,1-2H3. The molecule has 0 aliphatic heterocycles. The van der Waals surface area contributed by atoms with E-state index in [1.54, 1.807) is 0 Å². The van der Waals surface area contributed by atoms with Crippen LogP contribution in [-0.2, 0) is 0 Å². The molecule has 78 valence electrons. The van der Waals surface area contributed by atoms with Crippen LogP contribution < -0.4 is 4.90 Å². The predicted molar refractivity (Wildman–Crippen MR) is 68.3 cm³/mol. The van der Waals surface area contributed by atoms with Gasteiger partial charge in [0.2, 0.25) is 5.95 Å². The molecular weight excluding hydrogens is 336 g/mol. The zero-order valence-electron chi connectivity index (χ0n) is 7.89. The van der Waals surface area contributed by atoms with Gasteiger partial charge in [0.15, 0.2) is 0 Å². The molecule has 0 unspecified atom stereocenters. The molecule has 6 heteroatoms. The molecule has 0 aliphatic rings. The van der Waals surface area contributed by atoms with Gasteiger partial charge < -0.3 is 4.90 Å². The number of hydrogen-bond acceptors (Lipinski definition) is 3. The number of aromatic nitrogens is 2. The lowest BCUT2D eigenvalue weighted by Gasteiger charge is -2.18. The average molecular weight is 346 g/mol. The molecule has 3 nitrogen and oxygen atoms in total. The molecule has 0 spiro atoms. The van der Waals surface area contributed by atoms with Gasteiger partial charge in [-0.05, 0) is 36.4 Å². The van der Waals surface area contributed by atoms with E-state index >= 15 is 0 Å². The first-order chi connectivity index (χ1) is 6.60. The summed E-state index contributed by atoms with van der Waals surface area (Å²) in [5, 5.41) is 0.819. The summed E-state index contributed by atoms with van der Waals surface area (Å²) < 4.78 is 0.696. The van der Waals surface area contributed by atoms with Crippen LogP contribution in [0.4, 0.5) is 5.95 Å². The van der Waals surface area contributed by atoms with E-state index in [1.165, 1.54) is 0 Å². The number of hydrogen-bond donors (Lipinski definition) is 0. The van der Waals surface area contributed by atoms with Crippen LogP contribution in [0.2, 0.25) is 10.3 Å². The minimum absolute atomic E-state index is 0.410. The van der Waals surface area contributed by atoms with E-state index in [9.17, 15) is 0 Å². The Morgan fingerprint density at radius 1 is 1.14 bits per heavy atom. The van der Waals surface area contributed by atoms with Gasteiger partial charge in [-0.3, -0.25) is 0 Å². The highest BCUT2D eigenvalue weighted by atomic mass is 127. The van der Waals surface area contributed by atoms with Crippen molar-refractivity contribution in [3.05, 3.63) is 13.9 Å². The Hall–Kier alpha value is 0.190. The van der Waals surface area contributed by atoms with Gasteiger partial charge in [-0.1, -0.05) is 23.2 Å². The molecular formula is C8H10Cl2IN3. The van der Waals surface area contributed by atoms with Crippen LogP contribution in [0.15, 0.2) is 0 Å². The highest BCUT2D eigenvalue weighted by molar-refractivity contribution is 14.1. The van der Waals surface area contributed by atoms with Gasteiger partial charge in [0.1, 0.15) is 10.3 Å². The van der Waals surface area contributed by atoms with Crippen LogP contribution in [0.1, 0.15) is 13.8 Å². The molecule has 1 heterocycles. The van der Waals surface area contributed by atoms with Gasteiger partial charge in [-0.15, -0.1) is 0 Å². The fraction of sp³-hybridized carbons (Fsp3) is 0.500. The van der Waals surface area contributed by atoms with Crippen molar-refractivity contribution in [2.45, 2.75) is 13.8 Å². The largest absolute Gasteiger partial charge is 0.341 e. The summed E-state index contributed by atoms with van der Waals surface area (Å²) in [5.41, 5.74) is 0. The molecule has 0 bridgehead atoms. The molecule has 0 aromatic carbocycles. The molecule has 0 radical (unpaired) electrons. The van der Waals surface area contributed by atoms with Gasteiger partial charge in [0.05, 0.1) is 3.57 Å². The fourth-order valence-corrected chi connectivity index (χ4v) is 1.65. The van der Waals surface area contributed by atoms with Crippen LogP contribution >= 0.6 is 45.8 Å². The maximum absolute atomic E-state index is 5.91. The van der Waals surface area contributed by atoms with Gasteiger partial charge in [0.25, 0.3) is 0 Å². The summed E-state index contributed by atoms with van der Waals surface area (Å²) in [6.07, 6.45) is 0. The first-order valence-corrected chi connectivity index (χ1v) is 6.07. The Kier molecular flexibility index (Phi) is 4.66. The maximum atomic E-state index is 5.91. The zero-order valence-corrected chi connectivity index (χ0v) is 11.6. The third kappa shape index (κ3) is 2.61. The van der Waals surface area contributed by atoms with Crippen molar-refractivity contribution in [1.82, 2.24) is 9.97 Å². The number of anilines is 1. The van der Waals surface area contributed by atoms with Crippen molar-refractivity contribution >= 4 is 51.7 Å². The highest BCUT2D eigenvalue weighted by Gasteiger charge is 2.12. The minimum Gasteiger partial charge on any atom is -0.341 e. The van der Waals surface area contributed by atoms with Crippen LogP contribution in [0.25, 0.3) is 0 Å². The summed E-state index contributed by atoms with van der Waals surface area (Å²) in [6, 6.07) is 0. The van der Waals surface area contributed by atoms with Crippen LogP contribution in [-0.4, -0.2) is 23.1 Å². The zero-order chi connectivity index (χ0) is 10.7. The van der Waals surface area contributed by atoms with Crippen LogP contribution in [0.3, 0.4) is 0 Å². The monoisotopic (exact) mass is 345 g/mol. The van der Waals surface area contributed by atoms with Crippen molar-refractivity contribution in [3.63, 3.8) is 0 Å². The molecule has 0 amide bonds. The first kappa shape index (κ1) is 12.3.